The van der Waals surface area contributed by atoms with Gasteiger partial charge in [0.1, 0.15) is 6.04 Å². The minimum Gasteiger partial charge on any atom is -0.480 e. The van der Waals surface area contributed by atoms with Crippen LogP contribution in [0.1, 0.15) is 47.3 Å². The van der Waals surface area contributed by atoms with Crippen molar-refractivity contribution < 1.29 is 19.5 Å². The molecule has 5 rings (SSSR count). The quantitative estimate of drug-likeness (QED) is 0.459. The van der Waals surface area contributed by atoms with Crippen LogP contribution in [0.4, 0.5) is 16.2 Å². The minimum atomic E-state index is -1.00. The molecule has 2 aliphatic rings. The molecule has 0 spiro atoms. The predicted molar refractivity (Wildman–Crippen MR) is 137 cm³/mol. The highest BCUT2D eigenvalue weighted by molar-refractivity contribution is 6.02. The molecular formula is C28H28N4O4. The fourth-order valence-electron chi connectivity index (χ4n) is 5.07. The van der Waals surface area contributed by atoms with Crippen LogP contribution in [0, 0.1) is 5.92 Å². The first-order valence-electron chi connectivity index (χ1n) is 12.1. The van der Waals surface area contributed by atoms with Crippen LogP contribution < -0.4 is 10.6 Å². The van der Waals surface area contributed by atoms with Crippen LogP contribution in [0.25, 0.3) is 11.3 Å². The van der Waals surface area contributed by atoms with E-state index >= 15 is 0 Å². The SMILES string of the molecule is CC(C)[C@@H](C(=O)O)N1Cc2ccc(-c3ccc(NC(=O)Nc4ccc5c(c4)CCC5)cn3)cc2C1=O. The molecule has 36 heavy (non-hydrogen) atoms. The molecule has 3 amide bonds. The Morgan fingerprint density at radius 2 is 1.67 bits per heavy atom. The lowest BCUT2D eigenvalue weighted by atomic mass is 10.0. The van der Waals surface area contributed by atoms with Gasteiger partial charge in [-0.1, -0.05) is 32.0 Å². The zero-order valence-electron chi connectivity index (χ0n) is 20.2. The zero-order chi connectivity index (χ0) is 25.4. The fourth-order valence-corrected chi connectivity index (χ4v) is 5.07. The van der Waals surface area contributed by atoms with Crippen molar-refractivity contribution in [3.8, 4) is 11.3 Å². The summed E-state index contributed by atoms with van der Waals surface area (Å²) in [5, 5.41) is 15.3. The van der Waals surface area contributed by atoms with Crippen molar-refractivity contribution in [2.75, 3.05) is 10.6 Å². The number of aliphatic carboxylic acids is 1. The molecule has 0 fully saturated rings. The van der Waals surface area contributed by atoms with Crippen LogP contribution in [-0.2, 0) is 24.2 Å². The van der Waals surface area contributed by atoms with Crippen LogP contribution in [0.15, 0.2) is 54.7 Å². The third kappa shape index (κ3) is 4.54. The van der Waals surface area contributed by atoms with Gasteiger partial charge in [0, 0.05) is 23.4 Å². The van der Waals surface area contributed by atoms with Gasteiger partial charge in [0.25, 0.3) is 5.91 Å². The molecule has 3 aromatic rings. The lowest BCUT2D eigenvalue weighted by Crippen LogP contribution is -2.44. The zero-order valence-corrected chi connectivity index (χ0v) is 20.2. The van der Waals surface area contributed by atoms with Crippen LogP contribution in [0.2, 0.25) is 0 Å². The molecular weight excluding hydrogens is 456 g/mol. The molecule has 0 bridgehead atoms. The molecule has 8 nitrogen and oxygen atoms in total. The van der Waals surface area contributed by atoms with Crippen molar-refractivity contribution >= 4 is 29.3 Å². The predicted octanol–water partition coefficient (Wildman–Crippen LogP) is 4.95. The second-order valence-corrected chi connectivity index (χ2v) is 9.68. The van der Waals surface area contributed by atoms with Gasteiger partial charge in [-0.15, -0.1) is 0 Å². The van der Waals surface area contributed by atoms with Gasteiger partial charge in [-0.05, 0) is 72.2 Å². The highest BCUT2D eigenvalue weighted by Crippen LogP contribution is 2.31. The van der Waals surface area contributed by atoms with Gasteiger partial charge in [0.05, 0.1) is 17.6 Å². The van der Waals surface area contributed by atoms with Gasteiger partial charge in [-0.25, -0.2) is 9.59 Å². The van der Waals surface area contributed by atoms with Crippen LogP contribution in [0.5, 0.6) is 0 Å². The summed E-state index contributed by atoms with van der Waals surface area (Å²) in [7, 11) is 0. The van der Waals surface area contributed by atoms with Gasteiger partial charge in [-0.3, -0.25) is 9.78 Å². The largest absolute Gasteiger partial charge is 0.480 e. The first kappa shape index (κ1) is 23.5. The van der Waals surface area contributed by atoms with E-state index in [2.05, 4.69) is 21.7 Å². The monoisotopic (exact) mass is 484 g/mol. The molecule has 184 valence electrons. The van der Waals surface area contributed by atoms with Gasteiger partial charge in [0.2, 0.25) is 0 Å². The summed E-state index contributed by atoms with van der Waals surface area (Å²) < 4.78 is 0. The summed E-state index contributed by atoms with van der Waals surface area (Å²) in [6.45, 7) is 3.87. The smallest absolute Gasteiger partial charge is 0.326 e. The van der Waals surface area contributed by atoms with Crippen molar-refractivity contribution in [3.63, 3.8) is 0 Å². The third-order valence-corrected chi connectivity index (χ3v) is 6.84. The molecule has 2 heterocycles. The Hall–Kier alpha value is -4.20. The maximum absolute atomic E-state index is 13.0. The molecule has 0 unspecified atom stereocenters. The molecule has 1 aliphatic heterocycles. The summed E-state index contributed by atoms with van der Waals surface area (Å²) in [5.74, 6) is -1.49. The number of carbonyl (C=O) groups is 3. The standard InChI is InChI=1S/C28H28N4O4/c1-16(2)25(27(34)35)32-15-20-7-6-19(13-23(20)26(32)33)24-11-10-22(14-29-24)31-28(36)30-21-9-8-17-4-3-5-18(17)12-21/h6-14,16,25H,3-5,15H2,1-2H3,(H,34,35)(H2,30,31,36)/t25-/m0/s1. The summed E-state index contributed by atoms with van der Waals surface area (Å²) in [4.78, 5) is 43.1. The van der Waals surface area contributed by atoms with E-state index in [1.807, 2.05) is 24.3 Å². The molecule has 2 aromatic carbocycles. The first-order chi connectivity index (χ1) is 17.3. The number of nitrogens with zero attached hydrogens (tertiary/aromatic N) is 2. The average molecular weight is 485 g/mol. The number of pyridine rings is 1. The Labute approximate surface area is 209 Å². The highest BCUT2D eigenvalue weighted by Gasteiger charge is 2.38. The molecule has 0 saturated heterocycles. The number of amides is 3. The van der Waals surface area contributed by atoms with E-state index in [0.29, 0.717) is 16.9 Å². The Balaban J connectivity index is 1.26. The summed E-state index contributed by atoms with van der Waals surface area (Å²) in [5.41, 5.74) is 6.64. The van der Waals surface area contributed by atoms with Gasteiger partial charge < -0.3 is 20.6 Å². The normalized spacial score (nSPS) is 15.0. The number of nitrogens with one attached hydrogen (secondary N) is 2. The number of hydrogen-bond donors (Lipinski definition) is 3. The van der Waals surface area contributed by atoms with Gasteiger partial charge >= 0.3 is 12.0 Å². The Morgan fingerprint density at radius 1 is 0.944 bits per heavy atom. The van der Waals surface area contributed by atoms with Crippen molar-refractivity contribution in [3.05, 3.63) is 77.0 Å². The number of anilines is 2. The molecule has 1 atom stereocenters. The van der Waals surface area contributed by atoms with Crippen LogP contribution in [0.3, 0.4) is 0 Å². The van der Waals surface area contributed by atoms with E-state index in [1.54, 1.807) is 38.2 Å². The number of fused-ring (bicyclic) bond motifs is 2. The Kier molecular flexibility index (Phi) is 6.18. The van der Waals surface area contributed by atoms with E-state index in [4.69, 9.17) is 0 Å². The molecule has 1 aliphatic carbocycles. The third-order valence-electron chi connectivity index (χ3n) is 6.84. The van der Waals surface area contributed by atoms with Crippen molar-refractivity contribution in [1.82, 2.24) is 9.88 Å². The number of aryl methyl sites for hydroxylation is 2. The summed E-state index contributed by atoms with van der Waals surface area (Å²) >= 11 is 0. The average Bonchev–Trinajstić information content (AvgIpc) is 3.43. The highest BCUT2D eigenvalue weighted by atomic mass is 16.4. The van der Waals surface area contributed by atoms with Crippen LogP contribution >= 0.6 is 0 Å². The van der Waals surface area contributed by atoms with Crippen molar-refractivity contribution in [2.24, 2.45) is 5.92 Å². The number of rotatable bonds is 6. The second-order valence-electron chi connectivity index (χ2n) is 9.68. The lowest BCUT2D eigenvalue weighted by molar-refractivity contribution is -0.144. The van der Waals surface area contributed by atoms with E-state index in [0.717, 1.165) is 36.1 Å². The van der Waals surface area contributed by atoms with Crippen molar-refractivity contribution in [2.45, 2.75) is 45.7 Å². The van der Waals surface area contributed by atoms with Gasteiger partial charge in [-0.2, -0.15) is 0 Å². The van der Waals surface area contributed by atoms with Crippen LogP contribution in [-0.4, -0.2) is 38.9 Å². The molecule has 3 N–H and O–H groups in total. The maximum Gasteiger partial charge on any atom is 0.326 e. The minimum absolute atomic E-state index is 0.207. The maximum atomic E-state index is 13.0. The van der Waals surface area contributed by atoms with Crippen molar-refractivity contribution in [1.29, 1.82) is 0 Å². The Morgan fingerprint density at radius 3 is 2.39 bits per heavy atom. The number of aromatic nitrogens is 1. The van der Waals surface area contributed by atoms with E-state index in [9.17, 15) is 19.5 Å². The molecule has 0 saturated carbocycles. The van der Waals surface area contributed by atoms with E-state index < -0.39 is 12.0 Å². The number of hydrogen-bond acceptors (Lipinski definition) is 4. The van der Waals surface area contributed by atoms with Gasteiger partial charge in [0.15, 0.2) is 0 Å². The molecule has 8 heteroatoms. The van der Waals surface area contributed by atoms with E-state index in [1.165, 1.54) is 16.0 Å². The number of carboxylic acids is 1. The number of carboxylic acid groups (broad SMARTS) is 1. The number of urea groups is 1. The summed E-state index contributed by atoms with van der Waals surface area (Å²) in [6.07, 6.45) is 4.86. The number of benzene rings is 2. The lowest BCUT2D eigenvalue weighted by Gasteiger charge is -2.27. The summed E-state index contributed by atoms with van der Waals surface area (Å²) in [6, 6.07) is 13.8. The number of carbonyl (C=O) groups excluding carboxylic acids is 2. The second kappa shape index (κ2) is 9.45. The topological polar surface area (TPSA) is 112 Å². The molecule has 0 radical (unpaired) electrons. The molecule has 1 aromatic heterocycles. The van der Waals surface area contributed by atoms with E-state index in [-0.39, 0.29) is 24.4 Å². The fraction of sp³-hybridized carbons (Fsp3) is 0.286. The first-order valence-corrected chi connectivity index (χ1v) is 12.1. The Bertz CT molecular complexity index is 1350.